The fraction of sp³-hybridized carbons (Fsp3) is 0.350. The number of carbonyl (C=O) groups excluding carboxylic acids is 1. The highest BCUT2D eigenvalue weighted by molar-refractivity contribution is 7.92. The predicted octanol–water partition coefficient (Wildman–Crippen LogP) is 3.32. The van der Waals surface area contributed by atoms with Crippen LogP contribution in [0.5, 0.6) is 0 Å². The normalized spacial score (nSPS) is 11.9. The molecule has 0 saturated heterocycles. The number of amides is 1. The number of sulfonamides is 1. The van der Waals surface area contributed by atoms with Gasteiger partial charge in [0.2, 0.25) is 10.0 Å². The Hall–Kier alpha value is -2.38. The highest BCUT2D eigenvalue weighted by Crippen LogP contribution is 2.22. The van der Waals surface area contributed by atoms with Crippen LogP contribution in [0.1, 0.15) is 37.5 Å². The van der Waals surface area contributed by atoms with Gasteiger partial charge in [0, 0.05) is 5.69 Å². The highest BCUT2D eigenvalue weighted by Gasteiger charge is 2.15. The van der Waals surface area contributed by atoms with Crippen molar-refractivity contribution in [3.63, 3.8) is 0 Å². The molecule has 146 valence electrons. The van der Waals surface area contributed by atoms with E-state index in [0.29, 0.717) is 16.3 Å². The molecule has 1 amide bonds. The Morgan fingerprint density at radius 3 is 2.00 bits per heavy atom. The van der Waals surface area contributed by atoms with Crippen LogP contribution in [0.2, 0.25) is 0 Å². The summed E-state index contributed by atoms with van der Waals surface area (Å²) < 4.78 is 24.8. The molecule has 0 heterocycles. The first-order valence-corrected chi connectivity index (χ1v) is 10.5. The molecule has 0 bridgehead atoms. The lowest BCUT2D eigenvalue weighted by Gasteiger charge is -2.19. The molecule has 2 N–H and O–H groups in total. The Bertz CT molecular complexity index is 883. The van der Waals surface area contributed by atoms with Gasteiger partial charge in [0.25, 0.3) is 5.91 Å². The van der Waals surface area contributed by atoms with Crippen LogP contribution < -0.4 is 4.72 Å². The maximum absolute atomic E-state index is 12.2. The largest absolute Gasteiger partial charge is 0.286 e. The minimum Gasteiger partial charge on any atom is -0.286 e. The second kappa shape index (κ2) is 8.10. The minimum atomic E-state index is -3.34. The van der Waals surface area contributed by atoms with Crippen molar-refractivity contribution in [2.45, 2.75) is 39.2 Å². The van der Waals surface area contributed by atoms with Crippen LogP contribution in [0.15, 0.2) is 48.5 Å². The quantitative estimate of drug-likeness (QED) is 0.585. The molecule has 0 unspecified atom stereocenters. The standard InChI is InChI=1S/C20H26N2O4S/c1-20(2,3)17-9-5-15(6-10-17)13-19(23)22(24)14-16-7-11-18(12-8-16)21-27(4,25)26/h5-12,21,24H,13-14H2,1-4H3. The van der Waals surface area contributed by atoms with E-state index in [1.54, 1.807) is 24.3 Å². The van der Waals surface area contributed by atoms with Gasteiger partial charge in [-0.1, -0.05) is 57.2 Å². The van der Waals surface area contributed by atoms with Crippen molar-refractivity contribution in [3.8, 4) is 0 Å². The van der Waals surface area contributed by atoms with Gasteiger partial charge >= 0.3 is 0 Å². The second-order valence-corrected chi connectivity index (χ2v) is 9.39. The summed E-state index contributed by atoms with van der Waals surface area (Å²) in [6.45, 7) is 6.40. The third-order valence-electron chi connectivity index (χ3n) is 4.05. The first-order chi connectivity index (χ1) is 12.4. The van der Waals surface area contributed by atoms with Crippen LogP contribution in [0.25, 0.3) is 0 Å². The summed E-state index contributed by atoms with van der Waals surface area (Å²) in [6.07, 6.45) is 1.18. The van der Waals surface area contributed by atoms with Gasteiger partial charge in [0.05, 0.1) is 19.2 Å². The van der Waals surface area contributed by atoms with Gasteiger partial charge in [-0.25, -0.2) is 13.5 Å². The molecular formula is C20H26N2O4S. The van der Waals surface area contributed by atoms with E-state index < -0.39 is 15.9 Å². The molecule has 0 radical (unpaired) electrons. The van der Waals surface area contributed by atoms with Crippen LogP contribution >= 0.6 is 0 Å². The Morgan fingerprint density at radius 1 is 1.00 bits per heavy atom. The Morgan fingerprint density at radius 2 is 1.52 bits per heavy atom. The van der Waals surface area contributed by atoms with E-state index >= 15 is 0 Å². The zero-order chi connectivity index (χ0) is 20.2. The molecule has 2 rings (SSSR count). The predicted molar refractivity (Wildman–Crippen MR) is 106 cm³/mol. The number of benzene rings is 2. The summed E-state index contributed by atoms with van der Waals surface area (Å²) in [6, 6.07) is 14.3. The second-order valence-electron chi connectivity index (χ2n) is 7.65. The molecule has 0 saturated carbocycles. The summed E-state index contributed by atoms with van der Waals surface area (Å²) in [7, 11) is -3.34. The number of rotatable bonds is 6. The Kier molecular flexibility index (Phi) is 6.28. The van der Waals surface area contributed by atoms with Crippen LogP contribution in [-0.2, 0) is 33.2 Å². The fourth-order valence-corrected chi connectivity index (χ4v) is 3.11. The maximum atomic E-state index is 12.2. The Balaban J connectivity index is 1.95. The fourth-order valence-electron chi connectivity index (χ4n) is 2.54. The molecule has 0 spiro atoms. The van der Waals surface area contributed by atoms with Crippen molar-refractivity contribution in [2.24, 2.45) is 0 Å². The number of hydroxylamine groups is 2. The lowest BCUT2D eigenvalue weighted by atomic mass is 9.86. The van der Waals surface area contributed by atoms with E-state index in [1.807, 2.05) is 24.3 Å². The zero-order valence-electron chi connectivity index (χ0n) is 16.1. The van der Waals surface area contributed by atoms with Crippen molar-refractivity contribution in [2.75, 3.05) is 11.0 Å². The molecule has 27 heavy (non-hydrogen) atoms. The number of anilines is 1. The summed E-state index contributed by atoms with van der Waals surface area (Å²) in [5.41, 5.74) is 3.18. The summed E-state index contributed by atoms with van der Waals surface area (Å²) in [5.74, 6) is -0.406. The van der Waals surface area contributed by atoms with E-state index in [9.17, 15) is 18.4 Å². The van der Waals surface area contributed by atoms with Crippen LogP contribution in [0.3, 0.4) is 0 Å². The third kappa shape index (κ3) is 6.69. The maximum Gasteiger partial charge on any atom is 0.250 e. The molecule has 0 aliphatic rings. The lowest BCUT2D eigenvalue weighted by Crippen LogP contribution is -2.28. The van der Waals surface area contributed by atoms with Crippen LogP contribution in [-0.4, -0.2) is 30.9 Å². The van der Waals surface area contributed by atoms with Crippen molar-refractivity contribution < 1.29 is 18.4 Å². The van der Waals surface area contributed by atoms with Crippen molar-refractivity contribution >= 4 is 21.6 Å². The van der Waals surface area contributed by atoms with Gasteiger partial charge in [-0.3, -0.25) is 14.7 Å². The van der Waals surface area contributed by atoms with Gasteiger partial charge in [0.15, 0.2) is 0 Å². The van der Waals surface area contributed by atoms with E-state index in [2.05, 4.69) is 25.5 Å². The van der Waals surface area contributed by atoms with E-state index in [0.717, 1.165) is 11.8 Å². The topological polar surface area (TPSA) is 86.7 Å². The smallest absolute Gasteiger partial charge is 0.250 e. The van der Waals surface area contributed by atoms with Gasteiger partial charge in [0.1, 0.15) is 0 Å². The zero-order valence-corrected chi connectivity index (χ0v) is 16.9. The average Bonchev–Trinajstić information content (AvgIpc) is 2.55. The van der Waals surface area contributed by atoms with Crippen molar-refractivity contribution in [3.05, 3.63) is 65.2 Å². The van der Waals surface area contributed by atoms with Gasteiger partial charge < -0.3 is 0 Å². The summed E-state index contributed by atoms with van der Waals surface area (Å²) >= 11 is 0. The molecule has 7 heteroatoms. The van der Waals surface area contributed by atoms with Crippen molar-refractivity contribution in [1.29, 1.82) is 0 Å². The van der Waals surface area contributed by atoms with Crippen LogP contribution in [0.4, 0.5) is 5.69 Å². The van der Waals surface area contributed by atoms with Gasteiger partial charge in [-0.2, -0.15) is 0 Å². The first-order valence-electron chi connectivity index (χ1n) is 8.59. The third-order valence-corrected chi connectivity index (χ3v) is 4.66. The molecule has 2 aromatic carbocycles. The molecule has 0 atom stereocenters. The molecule has 2 aromatic rings. The van der Waals surface area contributed by atoms with Crippen LogP contribution in [0, 0.1) is 0 Å². The minimum absolute atomic E-state index is 0.0259. The van der Waals surface area contributed by atoms with Gasteiger partial charge in [-0.15, -0.1) is 0 Å². The highest BCUT2D eigenvalue weighted by atomic mass is 32.2. The number of nitrogens with zero attached hydrogens (tertiary/aromatic N) is 1. The monoisotopic (exact) mass is 390 g/mol. The van der Waals surface area contributed by atoms with E-state index in [4.69, 9.17) is 0 Å². The number of nitrogens with one attached hydrogen (secondary N) is 1. The molecule has 0 aliphatic heterocycles. The average molecular weight is 391 g/mol. The molecule has 0 fully saturated rings. The van der Waals surface area contributed by atoms with E-state index in [1.165, 1.54) is 5.56 Å². The van der Waals surface area contributed by atoms with E-state index in [-0.39, 0.29) is 18.4 Å². The molecule has 0 aliphatic carbocycles. The SMILES string of the molecule is CC(C)(C)c1ccc(CC(=O)N(O)Cc2ccc(NS(C)(=O)=O)cc2)cc1. The molecular weight excluding hydrogens is 364 g/mol. The number of carbonyl (C=O) groups is 1. The number of hydrogen-bond acceptors (Lipinski definition) is 4. The molecule has 0 aromatic heterocycles. The van der Waals surface area contributed by atoms with Crippen molar-refractivity contribution in [1.82, 2.24) is 5.06 Å². The summed E-state index contributed by atoms with van der Waals surface area (Å²) in [4.78, 5) is 12.2. The first kappa shape index (κ1) is 20.9. The number of hydrogen-bond donors (Lipinski definition) is 2. The Labute approximate surface area is 160 Å². The van der Waals surface area contributed by atoms with Gasteiger partial charge in [-0.05, 0) is 34.2 Å². The molecule has 6 nitrogen and oxygen atoms in total. The lowest BCUT2D eigenvalue weighted by molar-refractivity contribution is -0.167. The summed E-state index contributed by atoms with van der Waals surface area (Å²) in [5, 5.41) is 10.7.